The summed E-state index contributed by atoms with van der Waals surface area (Å²) in [7, 11) is 0. The number of hydrogen-bond acceptors (Lipinski definition) is 5. The molecule has 28 heavy (non-hydrogen) atoms. The van der Waals surface area contributed by atoms with E-state index < -0.39 is 11.7 Å². The quantitative estimate of drug-likeness (QED) is 0.512. The minimum absolute atomic E-state index is 0.162. The summed E-state index contributed by atoms with van der Waals surface area (Å²) in [5, 5.41) is 8.08. The molecule has 9 nitrogen and oxygen atoms in total. The number of rotatable bonds is 8. The summed E-state index contributed by atoms with van der Waals surface area (Å²) >= 11 is 0. The van der Waals surface area contributed by atoms with Gasteiger partial charge >= 0.3 is 6.09 Å². The summed E-state index contributed by atoms with van der Waals surface area (Å²) in [6.07, 6.45) is 1.80. The van der Waals surface area contributed by atoms with E-state index in [0.717, 1.165) is 11.0 Å². The number of ether oxygens (including phenoxy) is 1. The maximum Gasteiger partial charge on any atom is 0.407 e. The fourth-order valence-corrected chi connectivity index (χ4v) is 2.38. The predicted molar refractivity (Wildman–Crippen MR) is 105 cm³/mol. The predicted octanol–water partition coefficient (Wildman–Crippen LogP) is 1.71. The molecular formula is C19H27N5O4. The molecule has 9 heteroatoms. The SMILES string of the molecule is CC(C)(C)OC(=O)NCCC(=O)NCCCNC(=O)c1ccc2nc[nH]c2c1. The minimum atomic E-state index is -0.569. The molecule has 0 aliphatic carbocycles. The number of amides is 3. The van der Waals surface area contributed by atoms with Crippen LogP contribution in [0.2, 0.25) is 0 Å². The topological polar surface area (TPSA) is 125 Å². The number of benzene rings is 1. The van der Waals surface area contributed by atoms with Crippen molar-refractivity contribution >= 4 is 28.9 Å². The number of alkyl carbamates (subject to hydrolysis) is 1. The van der Waals surface area contributed by atoms with E-state index in [2.05, 4.69) is 25.9 Å². The van der Waals surface area contributed by atoms with Gasteiger partial charge in [-0.3, -0.25) is 9.59 Å². The van der Waals surface area contributed by atoms with E-state index in [4.69, 9.17) is 4.74 Å². The van der Waals surface area contributed by atoms with Gasteiger partial charge < -0.3 is 25.7 Å². The molecule has 1 aromatic heterocycles. The van der Waals surface area contributed by atoms with Gasteiger partial charge in [0.05, 0.1) is 17.4 Å². The van der Waals surface area contributed by atoms with Gasteiger partial charge in [0, 0.05) is 31.6 Å². The van der Waals surface area contributed by atoms with Crippen molar-refractivity contribution in [3.8, 4) is 0 Å². The first-order valence-corrected chi connectivity index (χ1v) is 9.19. The van der Waals surface area contributed by atoms with Crippen LogP contribution in [0.3, 0.4) is 0 Å². The number of nitrogens with one attached hydrogen (secondary N) is 4. The third-order valence-electron chi connectivity index (χ3n) is 3.66. The Morgan fingerprint density at radius 3 is 2.57 bits per heavy atom. The summed E-state index contributed by atoms with van der Waals surface area (Å²) in [4.78, 5) is 42.4. The van der Waals surface area contributed by atoms with Crippen LogP contribution in [0.25, 0.3) is 11.0 Å². The Labute approximate surface area is 163 Å². The van der Waals surface area contributed by atoms with E-state index in [0.29, 0.717) is 25.1 Å². The lowest BCUT2D eigenvalue weighted by atomic mass is 10.2. The first kappa shape index (κ1) is 21.2. The molecule has 2 rings (SSSR count). The third kappa shape index (κ3) is 7.26. The second kappa shape index (κ2) is 9.72. The van der Waals surface area contributed by atoms with E-state index in [1.807, 2.05) is 0 Å². The average molecular weight is 389 g/mol. The molecule has 1 heterocycles. The van der Waals surface area contributed by atoms with Crippen LogP contribution in [0, 0.1) is 0 Å². The molecule has 2 aromatic rings. The average Bonchev–Trinajstić information content (AvgIpc) is 3.07. The lowest BCUT2D eigenvalue weighted by Crippen LogP contribution is -2.35. The van der Waals surface area contributed by atoms with E-state index in [-0.39, 0.29) is 24.8 Å². The largest absolute Gasteiger partial charge is 0.444 e. The van der Waals surface area contributed by atoms with Gasteiger partial charge in [-0.25, -0.2) is 9.78 Å². The Morgan fingerprint density at radius 1 is 1.07 bits per heavy atom. The molecule has 0 bridgehead atoms. The lowest BCUT2D eigenvalue weighted by Gasteiger charge is -2.19. The highest BCUT2D eigenvalue weighted by atomic mass is 16.6. The van der Waals surface area contributed by atoms with Crippen molar-refractivity contribution in [3.63, 3.8) is 0 Å². The lowest BCUT2D eigenvalue weighted by molar-refractivity contribution is -0.120. The maximum absolute atomic E-state index is 12.1. The van der Waals surface area contributed by atoms with Gasteiger partial charge in [0.15, 0.2) is 0 Å². The van der Waals surface area contributed by atoms with Crippen molar-refractivity contribution in [1.29, 1.82) is 0 Å². The van der Waals surface area contributed by atoms with Crippen LogP contribution in [-0.2, 0) is 9.53 Å². The number of imidazole rings is 1. The van der Waals surface area contributed by atoms with Gasteiger partial charge in [-0.05, 0) is 45.4 Å². The highest BCUT2D eigenvalue weighted by Crippen LogP contribution is 2.11. The van der Waals surface area contributed by atoms with Crippen molar-refractivity contribution in [3.05, 3.63) is 30.1 Å². The van der Waals surface area contributed by atoms with E-state index in [1.165, 1.54) is 0 Å². The number of fused-ring (bicyclic) bond motifs is 1. The fraction of sp³-hybridized carbons (Fsp3) is 0.474. The summed E-state index contributed by atoms with van der Waals surface area (Å²) < 4.78 is 5.08. The smallest absolute Gasteiger partial charge is 0.407 e. The zero-order chi connectivity index (χ0) is 20.6. The molecule has 0 fully saturated rings. The number of nitrogens with zero attached hydrogens (tertiary/aromatic N) is 1. The molecule has 0 atom stereocenters. The van der Waals surface area contributed by atoms with Crippen molar-refractivity contribution < 1.29 is 19.1 Å². The monoisotopic (exact) mass is 389 g/mol. The van der Waals surface area contributed by atoms with Crippen molar-refractivity contribution in [2.75, 3.05) is 19.6 Å². The minimum Gasteiger partial charge on any atom is -0.444 e. The highest BCUT2D eigenvalue weighted by Gasteiger charge is 2.15. The summed E-state index contributed by atoms with van der Waals surface area (Å²) in [6, 6.07) is 5.25. The third-order valence-corrected chi connectivity index (χ3v) is 3.66. The van der Waals surface area contributed by atoms with Gasteiger partial charge in [0.25, 0.3) is 5.91 Å². The summed E-state index contributed by atoms with van der Waals surface area (Å²) in [5.41, 5.74) is 1.59. The fourth-order valence-electron chi connectivity index (χ4n) is 2.38. The number of carbonyl (C=O) groups excluding carboxylic acids is 3. The van der Waals surface area contributed by atoms with E-state index >= 15 is 0 Å². The van der Waals surface area contributed by atoms with Crippen LogP contribution in [0.5, 0.6) is 0 Å². The molecule has 0 saturated heterocycles. The molecule has 3 amide bonds. The van der Waals surface area contributed by atoms with Gasteiger partial charge in [-0.1, -0.05) is 0 Å². The van der Waals surface area contributed by atoms with Gasteiger partial charge in [0.2, 0.25) is 5.91 Å². The van der Waals surface area contributed by atoms with E-state index in [9.17, 15) is 14.4 Å². The van der Waals surface area contributed by atoms with Crippen LogP contribution >= 0.6 is 0 Å². The Hall–Kier alpha value is -3.10. The van der Waals surface area contributed by atoms with E-state index in [1.54, 1.807) is 45.3 Å². The Kier molecular flexibility index (Phi) is 7.36. The molecule has 0 radical (unpaired) electrons. The van der Waals surface area contributed by atoms with Crippen LogP contribution in [0.1, 0.15) is 44.0 Å². The van der Waals surface area contributed by atoms with Crippen LogP contribution in [-0.4, -0.2) is 53.1 Å². The second-order valence-corrected chi connectivity index (χ2v) is 7.27. The van der Waals surface area contributed by atoms with Crippen LogP contribution in [0.15, 0.2) is 24.5 Å². The molecule has 0 unspecified atom stereocenters. The molecule has 0 aliphatic heterocycles. The van der Waals surface area contributed by atoms with Crippen molar-refractivity contribution in [2.45, 2.75) is 39.2 Å². The first-order chi connectivity index (χ1) is 13.2. The van der Waals surface area contributed by atoms with Gasteiger partial charge in [0.1, 0.15) is 5.60 Å². The molecule has 0 saturated carbocycles. The van der Waals surface area contributed by atoms with Gasteiger partial charge in [-0.15, -0.1) is 0 Å². The Balaban J connectivity index is 1.56. The van der Waals surface area contributed by atoms with Gasteiger partial charge in [-0.2, -0.15) is 0 Å². The number of hydrogen-bond donors (Lipinski definition) is 4. The molecule has 152 valence electrons. The molecule has 4 N–H and O–H groups in total. The van der Waals surface area contributed by atoms with Crippen LogP contribution < -0.4 is 16.0 Å². The molecule has 0 spiro atoms. The molecular weight excluding hydrogens is 362 g/mol. The summed E-state index contributed by atoms with van der Waals surface area (Å²) in [6.45, 7) is 6.39. The number of aromatic amines is 1. The zero-order valence-corrected chi connectivity index (χ0v) is 16.4. The summed E-state index contributed by atoms with van der Waals surface area (Å²) in [5.74, 6) is -0.350. The highest BCUT2D eigenvalue weighted by molar-refractivity contribution is 5.97. The van der Waals surface area contributed by atoms with Crippen molar-refractivity contribution in [1.82, 2.24) is 25.9 Å². The number of H-pyrrole nitrogens is 1. The second-order valence-electron chi connectivity index (χ2n) is 7.27. The zero-order valence-electron chi connectivity index (χ0n) is 16.4. The molecule has 1 aromatic carbocycles. The Bertz CT molecular complexity index is 825. The normalized spacial score (nSPS) is 11.1. The first-order valence-electron chi connectivity index (χ1n) is 9.19. The number of carbonyl (C=O) groups is 3. The maximum atomic E-state index is 12.1. The molecule has 0 aliphatic rings. The standard InChI is InChI=1S/C19H27N5O4/c1-19(2,3)28-18(27)22-10-7-16(25)20-8-4-9-21-17(26)13-5-6-14-15(11-13)24-12-23-14/h5-6,11-12H,4,7-10H2,1-3H3,(H,20,25)(H,21,26)(H,22,27)(H,23,24). The number of aromatic nitrogens is 2. The Morgan fingerprint density at radius 2 is 1.82 bits per heavy atom. The van der Waals surface area contributed by atoms with Crippen molar-refractivity contribution in [2.24, 2.45) is 0 Å². The van der Waals surface area contributed by atoms with Crippen LogP contribution in [0.4, 0.5) is 4.79 Å².